The summed E-state index contributed by atoms with van der Waals surface area (Å²) < 4.78 is 5.70. The van der Waals surface area contributed by atoms with Crippen LogP contribution in [0.2, 0.25) is 0 Å². The van der Waals surface area contributed by atoms with E-state index in [1.54, 1.807) is 0 Å². The second kappa shape index (κ2) is 7.25. The summed E-state index contributed by atoms with van der Waals surface area (Å²) >= 11 is 0. The van der Waals surface area contributed by atoms with Gasteiger partial charge in [-0.25, -0.2) is 0 Å². The minimum absolute atomic E-state index is 0.484. The van der Waals surface area contributed by atoms with E-state index in [2.05, 4.69) is 10.6 Å². The van der Waals surface area contributed by atoms with Crippen molar-refractivity contribution in [1.29, 1.82) is 0 Å². The van der Waals surface area contributed by atoms with Crippen molar-refractivity contribution in [2.45, 2.75) is 44.6 Å². The fourth-order valence-electron chi connectivity index (χ4n) is 2.71. The molecule has 2 fully saturated rings. The van der Waals surface area contributed by atoms with Gasteiger partial charge >= 0.3 is 0 Å². The molecule has 0 aliphatic carbocycles. The van der Waals surface area contributed by atoms with Gasteiger partial charge in [-0.05, 0) is 64.1 Å². The smallest absolute Gasteiger partial charge is 0.0699 e. The molecule has 2 rings (SSSR count). The summed E-state index contributed by atoms with van der Waals surface area (Å²) in [5, 5.41) is 7.02. The lowest BCUT2D eigenvalue weighted by Gasteiger charge is -2.25. The van der Waals surface area contributed by atoms with Crippen molar-refractivity contribution in [3.63, 3.8) is 0 Å². The predicted molar refractivity (Wildman–Crippen MR) is 66.7 cm³/mol. The van der Waals surface area contributed by atoms with Gasteiger partial charge in [-0.2, -0.15) is 0 Å². The standard InChI is InChI=1S/C13H26N2O/c1-2-9-16-13(5-1)11-15-8-6-12-4-3-7-14-10-12/h12-15H,1-11H2. The van der Waals surface area contributed by atoms with Gasteiger partial charge in [0, 0.05) is 13.2 Å². The molecule has 0 aromatic carbocycles. The average molecular weight is 226 g/mol. The minimum atomic E-state index is 0.484. The first-order chi connectivity index (χ1) is 7.95. The van der Waals surface area contributed by atoms with Crippen LogP contribution in [0, 0.1) is 5.92 Å². The second-order valence-corrected chi connectivity index (χ2v) is 5.19. The Hall–Kier alpha value is -0.120. The van der Waals surface area contributed by atoms with E-state index in [0.29, 0.717) is 6.10 Å². The summed E-state index contributed by atoms with van der Waals surface area (Å²) in [5.74, 6) is 0.897. The largest absolute Gasteiger partial charge is 0.377 e. The quantitative estimate of drug-likeness (QED) is 0.698. The molecule has 0 saturated carbocycles. The van der Waals surface area contributed by atoms with E-state index < -0.39 is 0 Å². The van der Waals surface area contributed by atoms with Crippen molar-refractivity contribution in [2.24, 2.45) is 5.92 Å². The fraction of sp³-hybridized carbons (Fsp3) is 1.00. The molecule has 0 spiro atoms. The Bertz CT molecular complexity index is 155. The van der Waals surface area contributed by atoms with Crippen molar-refractivity contribution < 1.29 is 4.74 Å². The highest BCUT2D eigenvalue weighted by Gasteiger charge is 2.14. The van der Waals surface area contributed by atoms with Crippen molar-refractivity contribution in [3.05, 3.63) is 0 Å². The second-order valence-electron chi connectivity index (χ2n) is 5.19. The van der Waals surface area contributed by atoms with E-state index in [4.69, 9.17) is 4.74 Å². The van der Waals surface area contributed by atoms with Crippen LogP contribution in [0.1, 0.15) is 38.5 Å². The molecule has 0 aromatic heterocycles. The topological polar surface area (TPSA) is 33.3 Å². The van der Waals surface area contributed by atoms with Gasteiger partial charge in [0.1, 0.15) is 0 Å². The molecule has 2 N–H and O–H groups in total. The molecule has 3 nitrogen and oxygen atoms in total. The van der Waals surface area contributed by atoms with E-state index >= 15 is 0 Å². The molecule has 2 aliphatic heterocycles. The number of ether oxygens (including phenoxy) is 1. The maximum Gasteiger partial charge on any atom is 0.0699 e. The molecule has 0 bridgehead atoms. The molecule has 2 aliphatic rings. The summed E-state index contributed by atoms with van der Waals surface area (Å²) in [4.78, 5) is 0. The van der Waals surface area contributed by atoms with Crippen molar-refractivity contribution in [2.75, 3.05) is 32.8 Å². The summed E-state index contributed by atoms with van der Waals surface area (Å²) in [5.41, 5.74) is 0. The highest BCUT2D eigenvalue weighted by molar-refractivity contribution is 4.71. The highest BCUT2D eigenvalue weighted by Crippen LogP contribution is 2.14. The maximum absolute atomic E-state index is 5.70. The van der Waals surface area contributed by atoms with Gasteiger partial charge in [0.15, 0.2) is 0 Å². The Morgan fingerprint density at radius 3 is 2.94 bits per heavy atom. The highest BCUT2D eigenvalue weighted by atomic mass is 16.5. The third-order valence-electron chi connectivity index (χ3n) is 3.77. The molecular weight excluding hydrogens is 200 g/mol. The van der Waals surface area contributed by atoms with Crippen LogP contribution in [0.5, 0.6) is 0 Å². The molecule has 2 heterocycles. The molecule has 0 radical (unpaired) electrons. The number of rotatable bonds is 5. The van der Waals surface area contributed by atoms with Crippen LogP contribution in [-0.2, 0) is 4.74 Å². The Balaban J connectivity index is 1.47. The number of hydrogen-bond acceptors (Lipinski definition) is 3. The van der Waals surface area contributed by atoms with E-state index in [1.165, 1.54) is 51.6 Å². The van der Waals surface area contributed by atoms with Crippen LogP contribution in [0.25, 0.3) is 0 Å². The Kier molecular flexibility index (Phi) is 5.59. The minimum Gasteiger partial charge on any atom is -0.377 e. The molecule has 94 valence electrons. The maximum atomic E-state index is 5.70. The van der Waals surface area contributed by atoms with Crippen molar-refractivity contribution >= 4 is 0 Å². The number of nitrogens with one attached hydrogen (secondary N) is 2. The average Bonchev–Trinajstić information content (AvgIpc) is 2.37. The molecule has 2 saturated heterocycles. The number of hydrogen-bond donors (Lipinski definition) is 2. The molecule has 0 aromatic rings. The van der Waals surface area contributed by atoms with E-state index in [-0.39, 0.29) is 0 Å². The third kappa shape index (κ3) is 4.40. The van der Waals surface area contributed by atoms with Gasteiger partial charge in [-0.15, -0.1) is 0 Å². The molecule has 2 unspecified atom stereocenters. The molecule has 2 atom stereocenters. The Morgan fingerprint density at radius 1 is 1.19 bits per heavy atom. The lowest BCUT2D eigenvalue weighted by Crippen LogP contribution is -2.35. The zero-order valence-corrected chi connectivity index (χ0v) is 10.3. The monoisotopic (exact) mass is 226 g/mol. The van der Waals surface area contributed by atoms with Gasteiger partial charge in [0.05, 0.1) is 6.10 Å². The molecule has 0 amide bonds. The summed E-state index contributed by atoms with van der Waals surface area (Å²) in [6.45, 7) is 5.63. The summed E-state index contributed by atoms with van der Waals surface area (Å²) in [6, 6.07) is 0. The summed E-state index contributed by atoms with van der Waals surface area (Å²) in [6.07, 6.45) is 8.42. The first kappa shape index (κ1) is 12.3. The zero-order chi connectivity index (χ0) is 11.1. The normalized spacial score (nSPS) is 31.5. The van der Waals surface area contributed by atoms with Gasteiger partial charge in [-0.1, -0.05) is 0 Å². The zero-order valence-electron chi connectivity index (χ0n) is 10.3. The number of piperidine rings is 1. The van der Waals surface area contributed by atoms with Crippen LogP contribution in [0.3, 0.4) is 0 Å². The fourth-order valence-corrected chi connectivity index (χ4v) is 2.71. The van der Waals surface area contributed by atoms with E-state index in [9.17, 15) is 0 Å². The lowest BCUT2D eigenvalue weighted by atomic mass is 9.96. The third-order valence-corrected chi connectivity index (χ3v) is 3.77. The van der Waals surface area contributed by atoms with Crippen LogP contribution >= 0.6 is 0 Å². The van der Waals surface area contributed by atoms with Gasteiger partial charge in [-0.3, -0.25) is 0 Å². The van der Waals surface area contributed by atoms with Crippen molar-refractivity contribution in [3.8, 4) is 0 Å². The summed E-state index contributed by atoms with van der Waals surface area (Å²) in [7, 11) is 0. The van der Waals surface area contributed by atoms with Gasteiger partial charge in [0.2, 0.25) is 0 Å². The van der Waals surface area contributed by atoms with Crippen LogP contribution < -0.4 is 10.6 Å². The molecule has 16 heavy (non-hydrogen) atoms. The first-order valence-corrected chi connectivity index (χ1v) is 6.98. The van der Waals surface area contributed by atoms with Crippen LogP contribution in [0.15, 0.2) is 0 Å². The lowest BCUT2D eigenvalue weighted by molar-refractivity contribution is 0.0168. The molecule has 3 heteroatoms. The molecular formula is C13H26N2O. The predicted octanol–water partition coefficient (Wildman–Crippen LogP) is 1.53. The Morgan fingerprint density at radius 2 is 2.19 bits per heavy atom. The van der Waals surface area contributed by atoms with Gasteiger partial charge < -0.3 is 15.4 Å². The van der Waals surface area contributed by atoms with Crippen LogP contribution in [0.4, 0.5) is 0 Å². The van der Waals surface area contributed by atoms with Crippen LogP contribution in [-0.4, -0.2) is 38.9 Å². The van der Waals surface area contributed by atoms with E-state index in [1.807, 2.05) is 0 Å². The van der Waals surface area contributed by atoms with Gasteiger partial charge in [0.25, 0.3) is 0 Å². The first-order valence-electron chi connectivity index (χ1n) is 6.98. The Labute approximate surface area is 99.3 Å². The van der Waals surface area contributed by atoms with Crippen molar-refractivity contribution in [1.82, 2.24) is 10.6 Å². The SMILES string of the molecule is C1CCC(CNCCC2CCCNC2)OC1. The van der Waals surface area contributed by atoms with E-state index in [0.717, 1.165) is 25.6 Å².